The first kappa shape index (κ1) is 32.7. The summed E-state index contributed by atoms with van der Waals surface area (Å²) in [4.78, 5) is 42.9. The van der Waals surface area contributed by atoms with Crippen LogP contribution >= 0.6 is 0 Å². The molecule has 0 bridgehead atoms. The molecular formula is C42H38N2O7. The van der Waals surface area contributed by atoms with Gasteiger partial charge in [-0.25, -0.2) is 14.4 Å². The largest absolute Gasteiger partial charge is 0.459 e. The van der Waals surface area contributed by atoms with E-state index in [9.17, 15) is 14.4 Å². The van der Waals surface area contributed by atoms with Gasteiger partial charge in [-0.2, -0.15) is 0 Å². The Bertz CT molecular complexity index is 2110. The highest BCUT2D eigenvalue weighted by Gasteiger charge is 2.52. The number of benzene rings is 4. The van der Waals surface area contributed by atoms with Gasteiger partial charge in [0, 0.05) is 30.1 Å². The molecule has 5 aromatic rings. The number of carbonyl (C=O) groups is 3. The standard InChI is InChI=1S/C42H38N2O7/c1-26-21-32-31-19-12-20-33-36(31)30(22-34(32)43(2)23-26)24-44(33)39-38(51-42(47)29-17-10-5-11-18-29)37(50-41(46)28-15-8-4-9-16-28)35(49-39)25-48-40(45)27-13-6-3-7-14-27/h3-21,24,32,34-35,37-39H,22-23,25H2,1-2H3/t32-,34-,35-,37-,38-,39-/m1/s1. The molecule has 1 saturated heterocycles. The van der Waals surface area contributed by atoms with Crippen molar-refractivity contribution in [3.8, 4) is 0 Å². The predicted molar refractivity (Wildman–Crippen MR) is 190 cm³/mol. The SMILES string of the molecule is CC1=C[C@@H]2c3cccc4c3c(cn4[C@@H]3O[C@H](COC(=O)c4ccccc4)[C@@H](OC(=O)c4ccccc4)[C@H]3OC(=O)c3ccccc3)C[C@H]2N(C)C1. The second kappa shape index (κ2) is 13.7. The molecule has 0 spiro atoms. The van der Waals surface area contributed by atoms with Crippen LogP contribution in [0.2, 0.25) is 0 Å². The summed E-state index contributed by atoms with van der Waals surface area (Å²) in [6.07, 6.45) is 1.21. The molecule has 8 rings (SSSR count). The monoisotopic (exact) mass is 682 g/mol. The molecule has 9 nitrogen and oxygen atoms in total. The molecule has 0 amide bonds. The first-order valence-corrected chi connectivity index (χ1v) is 17.3. The lowest BCUT2D eigenvalue weighted by Gasteiger charge is -2.40. The van der Waals surface area contributed by atoms with Crippen LogP contribution in [0, 0.1) is 0 Å². The summed E-state index contributed by atoms with van der Waals surface area (Å²) >= 11 is 0. The van der Waals surface area contributed by atoms with Crippen molar-refractivity contribution < 1.29 is 33.3 Å². The van der Waals surface area contributed by atoms with Gasteiger partial charge in [-0.15, -0.1) is 0 Å². The van der Waals surface area contributed by atoms with Crippen molar-refractivity contribution in [2.45, 2.75) is 49.8 Å². The zero-order chi connectivity index (χ0) is 35.1. The summed E-state index contributed by atoms with van der Waals surface area (Å²) in [5, 5.41) is 1.15. The van der Waals surface area contributed by atoms with Crippen LogP contribution in [0.1, 0.15) is 61.3 Å². The van der Waals surface area contributed by atoms with Gasteiger partial charge in [-0.1, -0.05) is 78.4 Å². The predicted octanol–water partition coefficient (Wildman–Crippen LogP) is 6.75. The number of likely N-dealkylation sites (N-methyl/N-ethyl adjacent to an activating group) is 1. The lowest BCUT2D eigenvalue weighted by molar-refractivity contribution is -0.0602. The maximum absolute atomic E-state index is 13.7. The highest BCUT2D eigenvalue weighted by atomic mass is 16.7. The van der Waals surface area contributed by atoms with E-state index in [1.54, 1.807) is 72.8 Å². The van der Waals surface area contributed by atoms with E-state index in [-0.39, 0.29) is 12.5 Å². The smallest absolute Gasteiger partial charge is 0.338 e. The fourth-order valence-electron chi connectivity index (χ4n) is 7.81. The van der Waals surface area contributed by atoms with Crippen LogP contribution in [0.3, 0.4) is 0 Å². The Morgan fingerprint density at radius 3 is 1.96 bits per heavy atom. The molecule has 0 radical (unpaired) electrons. The third-order valence-electron chi connectivity index (χ3n) is 10.2. The minimum absolute atomic E-state index is 0.233. The second-order valence-electron chi connectivity index (χ2n) is 13.5. The van der Waals surface area contributed by atoms with Crippen LogP contribution in [0.25, 0.3) is 10.9 Å². The van der Waals surface area contributed by atoms with Crippen molar-refractivity contribution in [2.75, 3.05) is 20.2 Å². The molecule has 2 aliphatic heterocycles. The number of nitrogens with zero attached hydrogens (tertiary/aromatic N) is 2. The van der Waals surface area contributed by atoms with Gasteiger partial charge in [0.25, 0.3) is 0 Å². The number of hydrogen-bond donors (Lipinski definition) is 0. The molecule has 1 fully saturated rings. The Balaban J connectivity index is 1.20. The average Bonchev–Trinajstić information content (AvgIpc) is 3.69. The molecule has 51 heavy (non-hydrogen) atoms. The van der Waals surface area contributed by atoms with Crippen molar-refractivity contribution >= 4 is 28.8 Å². The Morgan fingerprint density at radius 1 is 0.745 bits per heavy atom. The van der Waals surface area contributed by atoms with E-state index >= 15 is 0 Å². The van der Waals surface area contributed by atoms with Crippen molar-refractivity contribution in [1.82, 2.24) is 9.47 Å². The molecule has 3 heterocycles. The quantitative estimate of drug-likeness (QED) is 0.101. The zero-order valence-electron chi connectivity index (χ0n) is 28.4. The average molecular weight is 683 g/mol. The Morgan fingerprint density at radius 2 is 1.33 bits per heavy atom. The number of aromatic nitrogens is 1. The normalized spacial score (nSPS) is 24.0. The van der Waals surface area contributed by atoms with E-state index in [2.05, 4.69) is 37.2 Å². The van der Waals surface area contributed by atoms with Gasteiger partial charge in [-0.3, -0.25) is 4.90 Å². The summed E-state index contributed by atoms with van der Waals surface area (Å²) in [6.45, 7) is 2.84. The third-order valence-corrected chi connectivity index (χ3v) is 10.2. The molecule has 1 aliphatic carbocycles. The fraction of sp³-hybridized carbons (Fsp3) is 0.262. The van der Waals surface area contributed by atoms with Gasteiger partial charge in [0.15, 0.2) is 18.4 Å². The van der Waals surface area contributed by atoms with Crippen LogP contribution in [0.5, 0.6) is 0 Å². The van der Waals surface area contributed by atoms with E-state index in [1.165, 1.54) is 11.1 Å². The van der Waals surface area contributed by atoms with Crippen molar-refractivity contribution in [3.63, 3.8) is 0 Å². The summed E-state index contributed by atoms with van der Waals surface area (Å²) < 4.78 is 26.9. The summed E-state index contributed by atoms with van der Waals surface area (Å²) in [5.41, 5.74) is 5.70. The number of hydrogen-bond acceptors (Lipinski definition) is 8. The zero-order valence-corrected chi connectivity index (χ0v) is 28.4. The van der Waals surface area contributed by atoms with Crippen LogP contribution in [0.4, 0.5) is 0 Å². The number of ether oxygens (including phenoxy) is 4. The van der Waals surface area contributed by atoms with Crippen molar-refractivity contribution in [3.05, 3.63) is 155 Å². The van der Waals surface area contributed by atoms with E-state index in [1.807, 2.05) is 34.9 Å². The Labute approximate surface area is 296 Å². The van der Waals surface area contributed by atoms with Gasteiger partial charge >= 0.3 is 17.9 Å². The van der Waals surface area contributed by atoms with Gasteiger partial charge in [0.05, 0.1) is 22.2 Å². The van der Waals surface area contributed by atoms with E-state index in [4.69, 9.17) is 18.9 Å². The maximum atomic E-state index is 13.7. The van der Waals surface area contributed by atoms with Gasteiger partial charge in [0.2, 0.25) is 0 Å². The molecule has 9 heteroatoms. The number of rotatable bonds is 8. The van der Waals surface area contributed by atoms with E-state index < -0.39 is 42.4 Å². The van der Waals surface area contributed by atoms with Gasteiger partial charge in [-0.05, 0) is 74.0 Å². The minimum Gasteiger partial charge on any atom is -0.459 e. The van der Waals surface area contributed by atoms with Crippen LogP contribution in [-0.2, 0) is 25.4 Å². The number of carbonyl (C=O) groups excluding carboxylic acids is 3. The highest BCUT2D eigenvalue weighted by molar-refractivity contribution is 5.92. The molecule has 1 aromatic heterocycles. The molecule has 0 unspecified atom stereocenters. The van der Waals surface area contributed by atoms with Crippen molar-refractivity contribution in [2.24, 2.45) is 0 Å². The molecule has 3 aliphatic rings. The number of esters is 3. The molecule has 6 atom stereocenters. The molecule has 0 N–H and O–H groups in total. The summed E-state index contributed by atoms with van der Waals surface area (Å²) in [5.74, 6) is -1.52. The fourth-order valence-corrected chi connectivity index (χ4v) is 7.81. The Kier molecular flexibility index (Phi) is 8.75. The van der Waals surface area contributed by atoms with Crippen LogP contribution < -0.4 is 0 Å². The highest BCUT2D eigenvalue weighted by Crippen LogP contribution is 2.45. The third kappa shape index (κ3) is 6.24. The lowest BCUT2D eigenvalue weighted by Crippen LogP contribution is -2.43. The first-order valence-electron chi connectivity index (χ1n) is 17.3. The molecule has 4 aromatic carbocycles. The maximum Gasteiger partial charge on any atom is 0.338 e. The number of fused-ring (bicyclic) bond motifs is 2. The topological polar surface area (TPSA) is 96.3 Å². The van der Waals surface area contributed by atoms with Gasteiger partial charge in [0.1, 0.15) is 12.7 Å². The second-order valence-corrected chi connectivity index (χ2v) is 13.5. The lowest BCUT2D eigenvalue weighted by atomic mass is 9.77. The summed E-state index contributed by atoms with van der Waals surface area (Å²) in [7, 11) is 2.17. The molecule has 258 valence electrons. The van der Waals surface area contributed by atoms with Gasteiger partial charge < -0.3 is 23.5 Å². The van der Waals surface area contributed by atoms with Crippen LogP contribution in [-0.4, -0.2) is 71.9 Å². The Hall–Kier alpha value is -5.51. The van der Waals surface area contributed by atoms with Crippen molar-refractivity contribution in [1.29, 1.82) is 0 Å². The molecule has 0 saturated carbocycles. The summed E-state index contributed by atoms with van der Waals surface area (Å²) in [6, 6.07) is 32.5. The first-order chi connectivity index (χ1) is 24.9. The van der Waals surface area contributed by atoms with E-state index in [0.29, 0.717) is 22.7 Å². The van der Waals surface area contributed by atoms with Crippen LogP contribution in [0.15, 0.2) is 127 Å². The molecular weight excluding hydrogens is 644 g/mol. The van der Waals surface area contributed by atoms with E-state index in [0.717, 1.165) is 29.4 Å². The minimum atomic E-state index is -1.12.